The number of hydrogen-bond donors (Lipinski definition) is 0. The molecule has 56 heavy (non-hydrogen) atoms. The van der Waals surface area contributed by atoms with Gasteiger partial charge in [0.05, 0.1) is 0 Å². The molecule has 262 valence electrons. The van der Waals surface area contributed by atoms with Crippen molar-refractivity contribution < 1.29 is 4.42 Å². The van der Waals surface area contributed by atoms with Crippen LogP contribution in [-0.4, -0.2) is 15.0 Å². The normalized spacial score (nSPS) is 11.6. The highest BCUT2D eigenvalue weighted by Gasteiger charge is 2.19. The molecule has 0 atom stereocenters. The second-order valence-electron chi connectivity index (χ2n) is 14.0. The Kier molecular flexibility index (Phi) is 7.64. The zero-order chi connectivity index (χ0) is 37.0. The molecule has 0 aliphatic carbocycles. The number of aromatic nitrogens is 3. The number of nitrogens with zero attached hydrogens (tertiary/aromatic N) is 3. The molecular formula is C51H31N3OS. The predicted octanol–water partition coefficient (Wildman–Crippen LogP) is 14.1. The van der Waals surface area contributed by atoms with Crippen LogP contribution in [0.15, 0.2) is 192 Å². The lowest BCUT2D eigenvalue weighted by molar-refractivity contribution is 0.670. The third-order valence-corrected chi connectivity index (χ3v) is 11.7. The van der Waals surface area contributed by atoms with Crippen LogP contribution in [0.1, 0.15) is 0 Å². The molecule has 3 heterocycles. The number of rotatable bonds is 6. The molecule has 11 rings (SSSR count). The lowest BCUT2D eigenvalue weighted by Gasteiger charge is -2.10. The summed E-state index contributed by atoms with van der Waals surface area (Å²) in [4.78, 5) is 15.2. The Bertz CT molecular complexity index is 3240. The molecule has 4 nitrogen and oxygen atoms in total. The lowest BCUT2D eigenvalue weighted by atomic mass is 9.97. The van der Waals surface area contributed by atoms with Crippen molar-refractivity contribution in [3.8, 4) is 67.5 Å². The first-order chi connectivity index (χ1) is 27.7. The summed E-state index contributed by atoms with van der Waals surface area (Å²) < 4.78 is 9.35. The molecule has 0 aliphatic rings. The van der Waals surface area contributed by atoms with E-state index >= 15 is 0 Å². The van der Waals surface area contributed by atoms with Crippen molar-refractivity contribution in [3.63, 3.8) is 0 Å². The molecule has 0 spiro atoms. The van der Waals surface area contributed by atoms with Crippen LogP contribution >= 0.6 is 11.3 Å². The molecule has 0 amide bonds. The monoisotopic (exact) mass is 733 g/mol. The van der Waals surface area contributed by atoms with Gasteiger partial charge < -0.3 is 4.42 Å². The summed E-state index contributed by atoms with van der Waals surface area (Å²) >= 11 is 1.83. The minimum atomic E-state index is 0.587. The average molecular weight is 734 g/mol. The van der Waals surface area contributed by atoms with Crippen molar-refractivity contribution in [3.05, 3.63) is 188 Å². The SMILES string of the molecule is c1ccc(-c2ccc(-c3cccc(-c4nc(-c5ccccc5)nc(-c5ccc6c(c5)oc5c(-c7cccc8sc9ccccc9c78)cccc56)n4)c3)cc2)cc1. The highest BCUT2D eigenvalue weighted by molar-refractivity contribution is 7.25. The van der Waals surface area contributed by atoms with Crippen molar-refractivity contribution in [2.24, 2.45) is 0 Å². The Morgan fingerprint density at radius 1 is 0.339 bits per heavy atom. The van der Waals surface area contributed by atoms with Gasteiger partial charge in [0.15, 0.2) is 17.5 Å². The van der Waals surface area contributed by atoms with E-state index in [1.54, 1.807) is 0 Å². The number of fused-ring (bicyclic) bond motifs is 6. The van der Waals surface area contributed by atoms with Crippen molar-refractivity contribution in [1.82, 2.24) is 15.0 Å². The van der Waals surface area contributed by atoms with Gasteiger partial charge >= 0.3 is 0 Å². The molecular weight excluding hydrogens is 703 g/mol. The van der Waals surface area contributed by atoms with Crippen LogP contribution in [0, 0.1) is 0 Å². The minimum Gasteiger partial charge on any atom is -0.455 e. The second kappa shape index (κ2) is 13.3. The van der Waals surface area contributed by atoms with Crippen LogP contribution in [0.25, 0.3) is 110 Å². The summed E-state index contributed by atoms with van der Waals surface area (Å²) in [7, 11) is 0. The number of benzene rings is 8. The summed E-state index contributed by atoms with van der Waals surface area (Å²) in [6.07, 6.45) is 0. The van der Waals surface area contributed by atoms with Gasteiger partial charge in [0.25, 0.3) is 0 Å². The molecule has 0 saturated heterocycles. The molecule has 0 N–H and O–H groups in total. The first-order valence-electron chi connectivity index (χ1n) is 18.7. The maximum atomic E-state index is 6.80. The second-order valence-corrected chi connectivity index (χ2v) is 15.1. The lowest BCUT2D eigenvalue weighted by Crippen LogP contribution is -2.00. The average Bonchev–Trinajstić information content (AvgIpc) is 3.85. The van der Waals surface area contributed by atoms with Crippen molar-refractivity contribution in [2.75, 3.05) is 0 Å². The molecule has 3 aromatic heterocycles. The molecule has 0 aliphatic heterocycles. The summed E-state index contributed by atoms with van der Waals surface area (Å²) in [6, 6.07) is 65.6. The maximum absolute atomic E-state index is 6.80. The van der Waals surface area contributed by atoms with Crippen molar-refractivity contribution in [2.45, 2.75) is 0 Å². The van der Waals surface area contributed by atoms with Gasteiger partial charge in [-0.1, -0.05) is 158 Å². The van der Waals surface area contributed by atoms with Gasteiger partial charge in [-0.15, -0.1) is 11.3 Å². The summed E-state index contributed by atoms with van der Waals surface area (Å²) in [6.45, 7) is 0. The Morgan fingerprint density at radius 3 is 1.64 bits per heavy atom. The molecule has 11 aromatic rings. The van der Waals surface area contributed by atoms with Crippen LogP contribution in [0.5, 0.6) is 0 Å². The Balaban J connectivity index is 1.02. The van der Waals surface area contributed by atoms with E-state index in [4.69, 9.17) is 19.4 Å². The Labute approximate surface area is 327 Å². The van der Waals surface area contributed by atoms with Crippen LogP contribution in [0.4, 0.5) is 0 Å². The number of thiophene rings is 1. The topological polar surface area (TPSA) is 51.8 Å². The smallest absolute Gasteiger partial charge is 0.164 e. The summed E-state index contributed by atoms with van der Waals surface area (Å²) in [5, 5.41) is 4.66. The third-order valence-electron chi connectivity index (χ3n) is 10.6. The summed E-state index contributed by atoms with van der Waals surface area (Å²) in [5.41, 5.74) is 11.2. The molecule has 0 radical (unpaired) electrons. The fourth-order valence-electron chi connectivity index (χ4n) is 7.82. The minimum absolute atomic E-state index is 0.587. The van der Waals surface area contributed by atoms with Gasteiger partial charge in [-0.25, -0.2) is 15.0 Å². The van der Waals surface area contributed by atoms with E-state index in [1.165, 1.54) is 36.9 Å². The first-order valence-corrected chi connectivity index (χ1v) is 19.5. The van der Waals surface area contributed by atoms with Gasteiger partial charge in [-0.2, -0.15) is 0 Å². The van der Waals surface area contributed by atoms with E-state index in [0.717, 1.165) is 55.3 Å². The molecule has 0 bridgehead atoms. The molecule has 0 saturated carbocycles. The van der Waals surface area contributed by atoms with E-state index in [1.807, 2.05) is 47.7 Å². The number of hydrogen-bond acceptors (Lipinski definition) is 5. The zero-order valence-electron chi connectivity index (χ0n) is 30.1. The van der Waals surface area contributed by atoms with E-state index in [-0.39, 0.29) is 0 Å². The quantitative estimate of drug-likeness (QED) is 0.171. The van der Waals surface area contributed by atoms with Crippen molar-refractivity contribution in [1.29, 1.82) is 0 Å². The fourth-order valence-corrected chi connectivity index (χ4v) is 8.95. The van der Waals surface area contributed by atoms with Crippen LogP contribution in [0.2, 0.25) is 0 Å². The molecule has 8 aromatic carbocycles. The molecule has 0 fully saturated rings. The van der Waals surface area contributed by atoms with Gasteiger partial charge in [0, 0.05) is 53.2 Å². The van der Waals surface area contributed by atoms with Crippen molar-refractivity contribution >= 4 is 53.4 Å². The van der Waals surface area contributed by atoms with Gasteiger partial charge in [0.2, 0.25) is 0 Å². The largest absolute Gasteiger partial charge is 0.455 e. The molecule has 5 heteroatoms. The van der Waals surface area contributed by atoms with Crippen LogP contribution in [0.3, 0.4) is 0 Å². The number of furan rings is 1. The summed E-state index contributed by atoms with van der Waals surface area (Å²) in [5.74, 6) is 1.81. The van der Waals surface area contributed by atoms with Crippen LogP contribution in [-0.2, 0) is 0 Å². The zero-order valence-corrected chi connectivity index (χ0v) is 30.9. The highest BCUT2D eigenvalue weighted by atomic mass is 32.1. The standard InChI is InChI=1S/C51H31N3OS/c1-3-12-32(13-4-1)33-24-26-34(27-25-33)36-16-9-17-37(30-36)50-52-49(35-14-5-2-6-15-35)53-51(54-50)38-28-29-39-41-20-10-21-42(48(41)55-44(39)31-38)40-19-11-23-46-47(40)43-18-7-8-22-45(43)56-46/h1-31H. The first kappa shape index (κ1) is 32.2. The Morgan fingerprint density at radius 2 is 0.857 bits per heavy atom. The van der Waals surface area contributed by atoms with E-state index < -0.39 is 0 Å². The van der Waals surface area contributed by atoms with Gasteiger partial charge in [-0.05, 0) is 58.1 Å². The number of para-hydroxylation sites is 1. The van der Waals surface area contributed by atoms with E-state index in [0.29, 0.717) is 17.5 Å². The predicted molar refractivity (Wildman–Crippen MR) is 233 cm³/mol. The van der Waals surface area contributed by atoms with Gasteiger partial charge in [-0.3, -0.25) is 0 Å². The van der Waals surface area contributed by atoms with E-state index in [9.17, 15) is 0 Å². The fraction of sp³-hybridized carbons (Fsp3) is 0. The highest BCUT2D eigenvalue weighted by Crippen LogP contribution is 2.44. The van der Waals surface area contributed by atoms with Crippen LogP contribution < -0.4 is 0 Å². The Hall–Kier alpha value is -7.21. The third kappa shape index (κ3) is 5.56. The van der Waals surface area contributed by atoms with Gasteiger partial charge in [0.1, 0.15) is 11.2 Å². The molecule has 0 unspecified atom stereocenters. The van der Waals surface area contributed by atoms with E-state index in [2.05, 4.69) is 152 Å². The maximum Gasteiger partial charge on any atom is 0.164 e.